The van der Waals surface area contributed by atoms with E-state index in [-0.39, 0.29) is 23.5 Å². The number of carbonyl (C=O) groups is 1. The van der Waals surface area contributed by atoms with Crippen LogP contribution in [0.15, 0.2) is 69.7 Å². The van der Waals surface area contributed by atoms with Gasteiger partial charge in [0.25, 0.3) is 0 Å². The highest BCUT2D eigenvalue weighted by Gasteiger charge is 2.19. The van der Waals surface area contributed by atoms with Crippen LogP contribution in [0, 0.1) is 5.82 Å². The normalized spacial score (nSPS) is 12.0. The second-order valence-electron chi connectivity index (χ2n) is 6.05. The molecule has 1 N–H and O–H groups in total. The third-order valence-corrected chi connectivity index (χ3v) is 5.95. The van der Waals surface area contributed by atoms with Gasteiger partial charge in [-0.05, 0) is 51.7 Å². The zero-order chi connectivity index (χ0) is 20.1. The highest BCUT2D eigenvalue weighted by molar-refractivity contribution is 7.99. The van der Waals surface area contributed by atoms with E-state index in [0.717, 1.165) is 16.2 Å². The first-order valence-corrected chi connectivity index (χ1v) is 10.5. The van der Waals surface area contributed by atoms with Gasteiger partial charge in [0.2, 0.25) is 11.1 Å². The van der Waals surface area contributed by atoms with Crippen LogP contribution in [-0.4, -0.2) is 31.9 Å². The topological polar surface area (TPSA) is 85.8 Å². The third-order valence-electron chi connectivity index (χ3n) is 4.05. The second-order valence-corrected chi connectivity index (χ2v) is 7.98. The number of rotatable bonds is 8. The molecule has 0 aliphatic carbocycles. The van der Waals surface area contributed by atoms with Gasteiger partial charge in [-0.2, -0.15) is 0 Å². The molecule has 0 radical (unpaired) electrons. The van der Waals surface area contributed by atoms with Crippen molar-refractivity contribution < 1.29 is 13.6 Å². The Morgan fingerprint density at radius 3 is 2.83 bits per heavy atom. The number of tetrazole rings is 1. The summed E-state index contributed by atoms with van der Waals surface area (Å²) >= 11 is 2.77. The fourth-order valence-corrected chi connectivity index (χ4v) is 4.20. The fourth-order valence-electron chi connectivity index (χ4n) is 2.71. The molecule has 29 heavy (non-hydrogen) atoms. The van der Waals surface area contributed by atoms with E-state index in [9.17, 15) is 9.18 Å². The van der Waals surface area contributed by atoms with Crippen molar-refractivity contribution >= 4 is 29.0 Å². The molecule has 1 atom stereocenters. The van der Waals surface area contributed by atoms with E-state index in [2.05, 4.69) is 20.8 Å². The molecule has 7 nitrogen and oxygen atoms in total. The Morgan fingerprint density at radius 1 is 1.24 bits per heavy atom. The highest BCUT2D eigenvalue weighted by Crippen LogP contribution is 2.26. The highest BCUT2D eigenvalue weighted by atomic mass is 32.2. The van der Waals surface area contributed by atoms with Gasteiger partial charge in [0.15, 0.2) is 0 Å². The number of furan rings is 1. The molecule has 3 aromatic heterocycles. The number of hydrogen-bond acceptors (Lipinski definition) is 7. The molecule has 0 bridgehead atoms. The summed E-state index contributed by atoms with van der Waals surface area (Å²) in [7, 11) is 0. The molecule has 10 heteroatoms. The second kappa shape index (κ2) is 9.01. The Morgan fingerprint density at radius 2 is 2.10 bits per heavy atom. The molecule has 0 aliphatic rings. The molecule has 0 fully saturated rings. The Labute approximate surface area is 173 Å². The first-order chi connectivity index (χ1) is 14.2. The van der Waals surface area contributed by atoms with Crippen molar-refractivity contribution in [1.82, 2.24) is 25.5 Å². The molecule has 0 saturated heterocycles. The quantitative estimate of drug-likeness (QED) is 0.432. The van der Waals surface area contributed by atoms with Gasteiger partial charge in [-0.15, -0.1) is 16.4 Å². The van der Waals surface area contributed by atoms with Crippen molar-refractivity contribution in [3.05, 3.63) is 82.2 Å². The van der Waals surface area contributed by atoms with E-state index in [1.165, 1.54) is 35.2 Å². The number of benzene rings is 1. The average molecular weight is 430 g/mol. The molecule has 4 rings (SSSR count). The fraction of sp³-hybridized carbons (Fsp3) is 0.158. The van der Waals surface area contributed by atoms with Gasteiger partial charge in [0, 0.05) is 4.88 Å². The van der Waals surface area contributed by atoms with E-state index in [1.54, 1.807) is 29.1 Å². The van der Waals surface area contributed by atoms with Crippen LogP contribution in [0.3, 0.4) is 0 Å². The van der Waals surface area contributed by atoms with Crippen molar-refractivity contribution in [2.24, 2.45) is 0 Å². The van der Waals surface area contributed by atoms with Crippen LogP contribution in [0.1, 0.15) is 22.2 Å². The van der Waals surface area contributed by atoms with E-state index in [0.29, 0.717) is 11.7 Å². The number of carbonyl (C=O) groups excluding carboxylic acids is 1. The number of halogens is 1. The van der Waals surface area contributed by atoms with Crippen molar-refractivity contribution in [1.29, 1.82) is 0 Å². The molecule has 0 saturated carbocycles. The maximum atomic E-state index is 13.3. The number of nitrogens with one attached hydrogen (secondary N) is 1. The van der Waals surface area contributed by atoms with E-state index >= 15 is 0 Å². The summed E-state index contributed by atoms with van der Waals surface area (Å²) in [6, 6.07) is 13.3. The van der Waals surface area contributed by atoms with Crippen LogP contribution in [0.2, 0.25) is 0 Å². The molecular formula is C19H16FN5O2S2. The summed E-state index contributed by atoms with van der Waals surface area (Å²) < 4.78 is 20.2. The zero-order valence-corrected chi connectivity index (χ0v) is 16.7. The zero-order valence-electron chi connectivity index (χ0n) is 15.1. The molecule has 1 aromatic carbocycles. The summed E-state index contributed by atoms with van der Waals surface area (Å²) in [6.07, 6.45) is 1.58. The molecule has 0 aliphatic heterocycles. The largest absolute Gasteiger partial charge is 0.467 e. The molecule has 148 valence electrons. The molecule has 0 spiro atoms. The molecular weight excluding hydrogens is 413 g/mol. The van der Waals surface area contributed by atoms with Crippen molar-refractivity contribution in [2.45, 2.75) is 17.7 Å². The van der Waals surface area contributed by atoms with Crippen molar-refractivity contribution in [3.63, 3.8) is 0 Å². The third kappa shape index (κ3) is 4.90. The van der Waals surface area contributed by atoms with Gasteiger partial charge in [-0.25, -0.2) is 9.07 Å². The SMILES string of the molecule is O=C(CSc1nnnn1Cc1ccco1)N[C@H](c1ccc(F)cc1)c1cccs1. The summed E-state index contributed by atoms with van der Waals surface area (Å²) in [5, 5.41) is 17.1. The van der Waals surface area contributed by atoms with Crippen LogP contribution in [0.5, 0.6) is 0 Å². The lowest BCUT2D eigenvalue weighted by molar-refractivity contribution is -0.119. The first-order valence-electron chi connectivity index (χ1n) is 8.68. The Hall–Kier alpha value is -2.98. The predicted molar refractivity (Wildman–Crippen MR) is 107 cm³/mol. The lowest BCUT2D eigenvalue weighted by Crippen LogP contribution is -2.30. The maximum Gasteiger partial charge on any atom is 0.231 e. The maximum absolute atomic E-state index is 13.3. The Bertz CT molecular complexity index is 1050. The van der Waals surface area contributed by atoms with Crippen molar-refractivity contribution in [2.75, 3.05) is 5.75 Å². The minimum atomic E-state index is -0.345. The molecule has 3 heterocycles. The van der Waals surface area contributed by atoms with Gasteiger partial charge in [-0.3, -0.25) is 4.79 Å². The van der Waals surface area contributed by atoms with E-state index in [4.69, 9.17) is 4.42 Å². The van der Waals surface area contributed by atoms with Gasteiger partial charge < -0.3 is 9.73 Å². The minimum absolute atomic E-state index is 0.140. The number of thioether (sulfide) groups is 1. The van der Waals surface area contributed by atoms with Gasteiger partial charge in [-0.1, -0.05) is 30.0 Å². The van der Waals surface area contributed by atoms with Gasteiger partial charge in [0.1, 0.15) is 18.1 Å². The monoisotopic (exact) mass is 429 g/mol. The smallest absolute Gasteiger partial charge is 0.231 e. The molecule has 4 aromatic rings. The summed E-state index contributed by atoms with van der Waals surface area (Å²) in [6.45, 7) is 0.386. The molecule has 1 amide bonds. The van der Waals surface area contributed by atoms with Gasteiger partial charge in [0.05, 0.1) is 18.1 Å². The van der Waals surface area contributed by atoms with E-state index in [1.807, 2.05) is 23.6 Å². The first kappa shape index (κ1) is 19.3. The Kier molecular flexibility index (Phi) is 6.01. The van der Waals surface area contributed by atoms with E-state index < -0.39 is 0 Å². The number of nitrogens with zero attached hydrogens (tertiary/aromatic N) is 4. The summed E-state index contributed by atoms with van der Waals surface area (Å²) in [5.74, 6) is 0.369. The van der Waals surface area contributed by atoms with Crippen LogP contribution in [0.25, 0.3) is 0 Å². The minimum Gasteiger partial charge on any atom is -0.467 e. The van der Waals surface area contributed by atoms with Crippen molar-refractivity contribution in [3.8, 4) is 0 Å². The number of thiophene rings is 1. The van der Waals surface area contributed by atoms with Crippen LogP contribution in [0.4, 0.5) is 4.39 Å². The molecule has 0 unspecified atom stereocenters. The van der Waals surface area contributed by atoms with Gasteiger partial charge >= 0.3 is 0 Å². The lowest BCUT2D eigenvalue weighted by atomic mass is 10.1. The lowest BCUT2D eigenvalue weighted by Gasteiger charge is -2.18. The van der Waals surface area contributed by atoms with Crippen LogP contribution in [-0.2, 0) is 11.3 Å². The number of amides is 1. The summed E-state index contributed by atoms with van der Waals surface area (Å²) in [4.78, 5) is 13.6. The Balaban J connectivity index is 1.41. The van der Waals surface area contributed by atoms with Crippen LogP contribution >= 0.6 is 23.1 Å². The standard InChI is InChI=1S/C19H16FN5O2S2/c20-14-7-5-13(6-8-14)18(16-4-2-10-28-16)21-17(26)12-29-19-22-23-24-25(19)11-15-3-1-9-27-15/h1-10,18H,11-12H2,(H,21,26)/t18-/m1/s1. The summed E-state index contributed by atoms with van der Waals surface area (Å²) in [5.41, 5.74) is 0.815. The average Bonchev–Trinajstić information content (AvgIpc) is 3.49. The van der Waals surface area contributed by atoms with Crippen LogP contribution < -0.4 is 5.32 Å². The number of hydrogen-bond donors (Lipinski definition) is 1. The predicted octanol–water partition coefficient (Wildman–Crippen LogP) is 3.51. The number of aromatic nitrogens is 4.